The molecule has 5 heteroatoms. The fourth-order valence-electron chi connectivity index (χ4n) is 3.85. The van der Waals surface area contributed by atoms with Gasteiger partial charge < -0.3 is 5.11 Å². The summed E-state index contributed by atoms with van der Waals surface area (Å²) in [6.07, 6.45) is 3.55. The van der Waals surface area contributed by atoms with Gasteiger partial charge in [-0.15, -0.1) is 0 Å². The minimum atomic E-state index is -3.44. The first kappa shape index (κ1) is 15.0. The molecule has 0 spiro atoms. The lowest BCUT2D eigenvalue weighted by atomic mass is 10.0. The van der Waals surface area contributed by atoms with E-state index in [-0.39, 0.29) is 6.61 Å². The number of nitrogens with zero attached hydrogens (tertiary/aromatic N) is 1. The second-order valence-corrected chi connectivity index (χ2v) is 8.38. The molecule has 116 valence electrons. The highest BCUT2D eigenvalue weighted by Crippen LogP contribution is 2.40. The lowest BCUT2D eigenvalue weighted by molar-refractivity contribution is 0.280. The third kappa shape index (κ3) is 2.51. The standard InChI is InChI=1S/C16H23NO3S/c1-11-6-12(2)16(7-15(11)10-18)21(19,20)17-8-13-4-3-5-14(13)9-17/h6-7,13-14,18H,3-5,8-10H2,1-2H3. The molecule has 2 aliphatic rings. The lowest BCUT2D eigenvalue weighted by Gasteiger charge is -2.20. The SMILES string of the molecule is Cc1cc(C)c(S(=O)(=O)N2CC3CCCC3C2)cc1CO. The smallest absolute Gasteiger partial charge is 0.243 e. The van der Waals surface area contributed by atoms with Crippen molar-refractivity contribution >= 4 is 10.0 Å². The van der Waals surface area contributed by atoms with Gasteiger partial charge >= 0.3 is 0 Å². The fourth-order valence-corrected chi connectivity index (χ4v) is 5.66. The maximum atomic E-state index is 12.9. The number of aliphatic hydroxyl groups excluding tert-OH is 1. The molecular weight excluding hydrogens is 286 g/mol. The molecule has 1 saturated heterocycles. The van der Waals surface area contributed by atoms with Crippen LogP contribution in [0.5, 0.6) is 0 Å². The van der Waals surface area contributed by atoms with Gasteiger partial charge in [-0.2, -0.15) is 4.31 Å². The van der Waals surface area contributed by atoms with Gasteiger partial charge in [-0.25, -0.2) is 8.42 Å². The zero-order chi connectivity index (χ0) is 15.2. The predicted molar refractivity (Wildman–Crippen MR) is 81.4 cm³/mol. The van der Waals surface area contributed by atoms with Crippen molar-refractivity contribution in [3.63, 3.8) is 0 Å². The minimum absolute atomic E-state index is 0.125. The van der Waals surface area contributed by atoms with Crippen molar-refractivity contribution in [1.82, 2.24) is 4.31 Å². The number of aryl methyl sites for hydroxylation is 2. The number of rotatable bonds is 3. The summed E-state index contributed by atoms with van der Waals surface area (Å²) in [6.45, 7) is 4.93. The van der Waals surface area contributed by atoms with Gasteiger partial charge in [0.1, 0.15) is 0 Å². The summed E-state index contributed by atoms with van der Waals surface area (Å²) in [5, 5.41) is 9.39. The zero-order valence-electron chi connectivity index (χ0n) is 12.7. The molecule has 1 aliphatic heterocycles. The summed E-state index contributed by atoms with van der Waals surface area (Å²) in [7, 11) is -3.44. The molecule has 2 unspecified atom stereocenters. The largest absolute Gasteiger partial charge is 0.392 e. The van der Waals surface area contributed by atoms with E-state index in [0.29, 0.717) is 35.4 Å². The highest BCUT2D eigenvalue weighted by Gasteiger charge is 2.41. The molecule has 1 heterocycles. The average Bonchev–Trinajstić information content (AvgIpc) is 2.99. The molecule has 0 bridgehead atoms. The number of benzene rings is 1. The van der Waals surface area contributed by atoms with E-state index in [4.69, 9.17) is 0 Å². The Bertz CT molecular complexity index is 642. The number of sulfonamides is 1. The quantitative estimate of drug-likeness (QED) is 0.931. The second kappa shape index (κ2) is 5.38. The molecule has 0 amide bonds. The third-order valence-electron chi connectivity index (χ3n) is 5.11. The van der Waals surface area contributed by atoms with Crippen LogP contribution in [0, 0.1) is 25.7 Å². The van der Waals surface area contributed by atoms with Crippen LogP contribution in [0.3, 0.4) is 0 Å². The van der Waals surface area contributed by atoms with Crippen LogP contribution in [0.1, 0.15) is 36.0 Å². The molecule has 2 fully saturated rings. The van der Waals surface area contributed by atoms with Crippen LogP contribution in [-0.4, -0.2) is 30.9 Å². The second-order valence-electron chi connectivity index (χ2n) is 6.48. The molecule has 0 aromatic heterocycles. The van der Waals surface area contributed by atoms with Crippen LogP contribution in [0.4, 0.5) is 0 Å². The normalized spacial score (nSPS) is 26.2. The van der Waals surface area contributed by atoms with E-state index in [9.17, 15) is 13.5 Å². The zero-order valence-corrected chi connectivity index (χ0v) is 13.5. The third-order valence-corrected chi connectivity index (χ3v) is 7.09. The van der Waals surface area contributed by atoms with E-state index < -0.39 is 10.0 Å². The van der Waals surface area contributed by atoms with Crippen molar-refractivity contribution in [2.45, 2.75) is 44.6 Å². The van der Waals surface area contributed by atoms with Gasteiger partial charge in [0, 0.05) is 13.1 Å². The van der Waals surface area contributed by atoms with Gasteiger partial charge in [-0.05, 0) is 61.3 Å². The molecule has 1 aromatic carbocycles. The van der Waals surface area contributed by atoms with Gasteiger partial charge in [0.05, 0.1) is 11.5 Å². The van der Waals surface area contributed by atoms with Crippen LogP contribution < -0.4 is 0 Å². The molecular formula is C16H23NO3S. The molecule has 0 radical (unpaired) electrons. The van der Waals surface area contributed by atoms with Crippen LogP contribution >= 0.6 is 0 Å². The summed E-state index contributed by atoms with van der Waals surface area (Å²) >= 11 is 0. The maximum absolute atomic E-state index is 12.9. The monoisotopic (exact) mass is 309 g/mol. The van der Waals surface area contributed by atoms with Crippen molar-refractivity contribution in [1.29, 1.82) is 0 Å². The van der Waals surface area contributed by atoms with Crippen LogP contribution in [-0.2, 0) is 16.6 Å². The molecule has 1 aromatic rings. The van der Waals surface area contributed by atoms with Crippen molar-refractivity contribution in [3.05, 3.63) is 28.8 Å². The first-order valence-corrected chi connectivity index (χ1v) is 9.08. The van der Waals surface area contributed by atoms with Gasteiger partial charge in [0.15, 0.2) is 0 Å². The molecule has 1 saturated carbocycles. The Balaban J connectivity index is 1.95. The lowest BCUT2D eigenvalue weighted by Crippen LogP contribution is -2.30. The Morgan fingerprint density at radius 2 is 1.76 bits per heavy atom. The molecule has 1 N–H and O–H groups in total. The maximum Gasteiger partial charge on any atom is 0.243 e. The van der Waals surface area contributed by atoms with Gasteiger partial charge in [-0.1, -0.05) is 12.5 Å². The molecule has 1 aliphatic carbocycles. The molecule has 3 rings (SSSR count). The van der Waals surface area contributed by atoms with Crippen molar-refractivity contribution < 1.29 is 13.5 Å². The highest BCUT2D eigenvalue weighted by atomic mass is 32.2. The first-order valence-electron chi connectivity index (χ1n) is 7.64. The number of aliphatic hydroxyl groups is 1. The van der Waals surface area contributed by atoms with Crippen LogP contribution in [0.2, 0.25) is 0 Å². The molecule has 2 atom stereocenters. The highest BCUT2D eigenvalue weighted by molar-refractivity contribution is 7.89. The van der Waals surface area contributed by atoms with Crippen LogP contribution in [0.15, 0.2) is 17.0 Å². The Hall–Kier alpha value is -0.910. The Kier molecular flexibility index (Phi) is 3.84. The summed E-state index contributed by atoms with van der Waals surface area (Å²) in [5.74, 6) is 1.09. The summed E-state index contributed by atoms with van der Waals surface area (Å²) in [4.78, 5) is 0.358. The van der Waals surface area contributed by atoms with E-state index in [1.54, 1.807) is 10.4 Å². The van der Waals surface area contributed by atoms with E-state index in [0.717, 1.165) is 24.0 Å². The Morgan fingerprint density at radius 3 is 2.33 bits per heavy atom. The molecule has 21 heavy (non-hydrogen) atoms. The molecule has 4 nitrogen and oxygen atoms in total. The summed E-state index contributed by atoms with van der Waals surface area (Å²) < 4.78 is 27.5. The number of hydrogen-bond donors (Lipinski definition) is 1. The van der Waals surface area contributed by atoms with Crippen molar-refractivity contribution in [3.8, 4) is 0 Å². The van der Waals surface area contributed by atoms with E-state index in [2.05, 4.69) is 0 Å². The van der Waals surface area contributed by atoms with Crippen LogP contribution in [0.25, 0.3) is 0 Å². The first-order chi connectivity index (χ1) is 9.93. The van der Waals surface area contributed by atoms with Gasteiger partial charge in [0.25, 0.3) is 0 Å². The van der Waals surface area contributed by atoms with E-state index >= 15 is 0 Å². The summed E-state index contributed by atoms with van der Waals surface area (Å²) in [6, 6.07) is 3.50. The van der Waals surface area contributed by atoms with Gasteiger partial charge in [0.2, 0.25) is 10.0 Å². The summed E-state index contributed by atoms with van der Waals surface area (Å²) in [5.41, 5.74) is 2.40. The average molecular weight is 309 g/mol. The van der Waals surface area contributed by atoms with Crippen molar-refractivity contribution in [2.24, 2.45) is 11.8 Å². The van der Waals surface area contributed by atoms with Gasteiger partial charge in [-0.3, -0.25) is 0 Å². The number of fused-ring (bicyclic) bond motifs is 1. The van der Waals surface area contributed by atoms with E-state index in [1.807, 2.05) is 19.9 Å². The number of hydrogen-bond acceptors (Lipinski definition) is 3. The Morgan fingerprint density at radius 1 is 1.14 bits per heavy atom. The topological polar surface area (TPSA) is 57.6 Å². The Labute approximate surface area is 126 Å². The minimum Gasteiger partial charge on any atom is -0.392 e. The van der Waals surface area contributed by atoms with Crippen molar-refractivity contribution in [2.75, 3.05) is 13.1 Å². The van der Waals surface area contributed by atoms with E-state index in [1.165, 1.54) is 6.42 Å². The predicted octanol–water partition coefficient (Wildman–Crippen LogP) is 2.22. The fraction of sp³-hybridized carbons (Fsp3) is 0.625.